The molecule has 1 N–H and O–H groups in total. The van der Waals surface area contributed by atoms with Crippen LogP contribution >= 0.6 is 11.8 Å². The van der Waals surface area contributed by atoms with Gasteiger partial charge in [0.2, 0.25) is 5.16 Å². The molecule has 8 nitrogen and oxygen atoms in total. The summed E-state index contributed by atoms with van der Waals surface area (Å²) in [5, 5.41) is 12.4. The second-order valence-corrected chi connectivity index (χ2v) is 7.64. The molecule has 0 radical (unpaired) electrons. The molecule has 0 saturated carbocycles. The number of H-pyrrole nitrogens is 1. The Balaban J connectivity index is 1.78. The summed E-state index contributed by atoms with van der Waals surface area (Å²) in [5.74, 6) is -0.419. The number of aryl methyl sites for hydroxylation is 3. The lowest BCUT2D eigenvalue weighted by Gasteiger charge is -2.07. The molecule has 2 aromatic heterocycles. The molecule has 1 aromatic carbocycles. The van der Waals surface area contributed by atoms with Crippen molar-refractivity contribution in [2.45, 2.75) is 39.8 Å². The number of thioether (sulfide) groups is 1. The van der Waals surface area contributed by atoms with E-state index < -0.39 is 5.97 Å². The lowest BCUT2D eigenvalue weighted by Crippen LogP contribution is -2.09. The van der Waals surface area contributed by atoms with Gasteiger partial charge in [0.05, 0.1) is 18.0 Å². The van der Waals surface area contributed by atoms with Gasteiger partial charge in [-0.2, -0.15) is 4.68 Å². The van der Waals surface area contributed by atoms with Gasteiger partial charge in [0.1, 0.15) is 5.69 Å². The summed E-state index contributed by atoms with van der Waals surface area (Å²) in [5.41, 5.74) is 5.22. The molecule has 0 amide bonds. The van der Waals surface area contributed by atoms with E-state index in [1.165, 1.54) is 17.3 Å². The van der Waals surface area contributed by atoms with Crippen LogP contribution in [0.4, 0.5) is 0 Å². The molecule has 29 heavy (non-hydrogen) atoms. The van der Waals surface area contributed by atoms with Crippen molar-refractivity contribution < 1.29 is 14.3 Å². The van der Waals surface area contributed by atoms with Crippen molar-refractivity contribution >= 4 is 23.5 Å². The Hall–Kier alpha value is -2.94. The minimum absolute atomic E-state index is 0.105. The first kappa shape index (κ1) is 20.8. The van der Waals surface area contributed by atoms with E-state index in [2.05, 4.69) is 20.5 Å². The highest BCUT2D eigenvalue weighted by atomic mass is 32.2. The number of carbonyl (C=O) groups excluding carboxylic acids is 2. The van der Waals surface area contributed by atoms with Crippen molar-refractivity contribution in [3.05, 3.63) is 51.8 Å². The Kier molecular flexibility index (Phi) is 6.17. The SMILES string of the molecule is CCOC(=O)c1[nH]c(C)c(C(=O)CSc2nnnn2-c2ccc(C)c(C)c2)c1C. The number of Topliss-reactive ketones (excluding diaryl/α,β-unsaturated/α-hetero) is 1. The van der Waals surface area contributed by atoms with E-state index in [0.717, 1.165) is 11.3 Å². The first-order valence-electron chi connectivity index (χ1n) is 9.21. The van der Waals surface area contributed by atoms with Crippen molar-refractivity contribution in [1.29, 1.82) is 0 Å². The van der Waals surface area contributed by atoms with Crippen LogP contribution in [0, 0.1) is 27.7 Å². The lowest BCUT2D eigenvalue weighted by atomic mass is 10.1. The zero-order chi connectivity index (χ0) is 21.1. The van der Waals surface area contributed by atoms with Crippen LogP contribution in [-0.2, 0) is 4.74 Å². The van der Waals surface area contributed by atoms with Gasteiger partial charge in [-0.05, 0) is 73.9 Å². The number of tetrazole rings is 1. The predicted octanol–water partition coefficient (Wildman–Crippen LogP) is 3.38. The monoisotopic (exact) mass is 413 g/mol. The first-order valence-corrected chi connectivity index (χ1v) is 10.2. The maximum Gasteiger partial charge on any atom is 0.355 e. The summed E-state index contributed by atoms with van der Waals surface area (Å²) < 4.78 is 6.66. The van der Waals surface area contributed by atoms with E-state index in [-0.39, 0.29) is 18.1 Å². The second kappa shape index (κ2) is 8.60. The highest BCUT2D eigenvalue weighted by molar-refractivity contribution is 7.99. The molecule has 0 aliphatic heterocycles. The Bertz CT molecular complexity index is 1070. The molecule has 0 bridgehead atoms. The van der Waals surface area contributed by atoms with Crippen LogP contribution in [-0.4, -0.2) is 49.3 Å². The van der Waals surface area contributed by atoms with Crippen molar-refractivity contribution in [3.8, 4) is 5.69 Å². The predicted molar refractivity (Wildman–Crippen MR) is 110 cm³/mol. The third-order valence-corrected chi connectivity index (χ3v) is 5.62. The van der Waals surface area contributed by atoms with Crippen molar-refractivity contribution in [2.75, 3.05) is 12.4 Å². The van der Waals surface area contributed by atoms with E-state index >= 15 is 0 Å². The number of ketones is 1. The van der Waals surface area contributed by atoms with Gasteiger partial charge in [0, 0.05) is 11.3 Å². The molecule has 2 heterocycles. The molecule has 0 spiro atoms. The van der Waals surface area contributed by atoms with Crippen LogP contribution in [0.2, 0.25) is 0 Å². The zero-order valence-corrected chi connectivity index (χ0v) is 17.9. The topological polar surface area (TPSA) is 103 Å². The van der Waals surface area contributed by atoms with Gasteiger partial charge in [-0.3, -0.25) is 4.79 Å². The van der Waals surface area contributed by atoms with Crippen LogP contribution in [0.15, 0.2) is 23.4 Å². The van der Waals surface area contributed by atoms with Crippen molar-refractivity contribution in [2.24, 2.45) is 0 Å². The second-order valence-electron chi connectivity index (χ2n) is 6.70. The van der Waals surface area contributed by atoms with Crippen molar-refractivity contribution in [3.63, 3.8) is 0 Å². The number of hydrogen-bond acceptors (Lipinski definition) is 7. The van der Waals surface area contributed by atoms with Gasteiger partial charge in [0.25, 0.3) is 0 Å². The Morgan fingerprint density at radius 3 is 2.62 bits per heavy atom. The van der Waals surface area contributed by atoms with E-state index in [1.54, 1.807) is 25.5 Å². The van der Waals surface area contributed by atoms with Crippen molar-refractivity contribution in [1.82, 2.24) is 25.2 Å². The first-order chi connectivity index (χ1) is 13.8. The number of nitrogens with one attached hydrogen (secondary N) is 1. The standard InChI is InChI=1S/C20H23N5O3S/c1-6-28-19(27)18-13(4)17(14(5)21-18)16(26)10-29-20-22-23-24-25(20)15-8-7-11(2)12(3)9-15/h7-9,21H,6,10H2,1-5H3. The summed E-state index contributed by atoms with van der Waals surface area (Å²) in [6.45, 7) is 9.60. The Morgan fingerprint density at radius 1 is 1.17 bits per heavy atom. The summed E-state index contributed by atoms with van der Waals surface area (Å²) in [7, 11) is 0. The fourth-order valence-corrected chi connectivity index (χ4v) is 3.83. The fraction of sp³-hybridized carbons (Fsp3) is 0.350. The lowest BCUT2D eigenvalue weighted by molar-refractivity contribution is 0.0519. The molecule has 152 valence electrons. The molecule has 0 aliphatic rings. The minimum Gasteiger partial charge on any atom is -0.461 e. The van der Waals surface area contributed by atoms with Gasteiger partial charge in [-0.1, -0.05) is 17.8 Å². The van der Waals surface area contributed by atoms with Gasteiger partial charge in [-0.25, -0.2) is 4.79 Å². The number of rotatable bonds is 7. The van der Waals surface area contributed by atoms with E-state index in [1.807, 2.05) is 32.0 Å². The number of hydrogen-bond donors (Lipinski definition) is 1. The molecule has 3 rings (SSSR count). The normalized spacial score (nSPS) is 10.9. The highest BCUT2D eigenvalue weighted by Gasteiger charge is 2.23. The largest absolute Gasteiger partial charge is 0.461 e. The van der Waals surface area contributed by atoms with Crippen LogP contribution in [0.5, 0.6) is 0 Å². The third kappa shape index (κ3) is 4.24. The summed E-state index contributed by atoms with van der Waals surface area (Å²) >= 11 is 1.25. The minimum atomic E-state index is -0.460. The van der Waals surface area contributed by atoms with E-state index in [9.17, 15) is 9.59 Å². The highest BCUT2D eigenvalue weighted by Crippen LogP contribution is 2.24. The average molecular weight is 414 g/mol. The quantitative estimate of drug-likeness (QED) is 0.360. The van der Waals surface area contributed by atoms with Gasteiger partial charge in [-0.15, -0.1) is 5.10 Å². The van der Waals surface area contributed by atoms with Crippen LogP contribution < -0.4 is 0 Å². The third-order valence-electron chi connectivity index (χ3n) is 4.70. The summed E-state index contributed by atoms with van der Waals surface area (Å²) in [6, 6.07) is 5.95. The maximum atomic E-state index is 12.9. The Labute approximate surface area is 173 Å². The molecular formula is C20H23N5O3S. The Morgan fingerprint density at radius 2 is 1.93 bits per heavy atom. The van der Waals surface area contributed by atoms with Gasteiger partial charge >= 0.3 is 5.97 Å². The van der Waals surface area contributed by atoms with Gasteiger partial charge in [0.15, 0.2) is 5.78 Å². The molecule has 3 aromatic rings. The number of nitrogens with zero attached hydrogens (tertiary/aromatic N) is 4. The number of aromatic amines is 1. The van der Waals surface area contributed by atoms with Crippen LogP contribution in [0.1, 0.15) is 50.2 Å². The number of carbonyl (C=O) groups is 2. The summed E-state index contributed by atoms with van der Waals surface area (Å²) in [4.78, 5) is 27.9. The molecule has 9 heteroatoms. The number of aromatic nitrogens is 5. The van der Waals surface area contributed by atoms with Crippen LogP contribution in [0.25, 0.3) is 5.69 Å². The smallest absolute Gasteiger partial charge is 0.355 e. The average Bonchev–Trinajstić information content (AvgIpc) is 3.26. The molecule has 0 aliphatic carbocycles. The fourth-order valence-electron chi connectivity index (χ4n) is 3.07. The zero-order valence-electron chi connectivity index (χ0n) is 17.1. The molecule has 0 unspecified atom stereocenters. The molecule has 0 atom stereocenters. The van der Waals surface area contributed by atoms with Gasteiger partial charge < -0.3 is 9.72 Å². The number of ether oxygens (including phenoxy) is 1. The number of benzene rings is 1. The molecular weight excluding hydrogens is 390 g/mol. The maximum absolute atomic E-state index is 12.9. The number of esters is 1. The van der Waals surface area contributed by atoms with Crippen LogP contribution in [0.3, 0.4) is 0 Å². The molecule has 0 saturated heterocycles. The van der Waals surface area contributed by atoms with E-state index in [0.29, 0.717) is 27.7 Å². The summed E-state index contributed by atoms with van der Waals surface area (Å²) in [6.07, 6.45) is 0. The molecule has 0 fully saturated rings. The van der Waals surface area contributed by atoms with E-state index in [4.69, 9.17) is 4.74 Å².